The van der Waals surface area contributed by atoms with Gasteiger partial charge in [-0.3, -0.25) is 35.9 Å². The van der Waals surface area contributed by atoms with Crippen LogP contribution in [0.25, 0.3) is 0 Å². The third-order valence-corrected chi connectivity index (χ3v) is 3.79. The van der Waals surface area contributed by atoms with E-state index in [9.17, 15) is 25.0 Å². The summed E-state index contributed by atoms with van der Waals surface area (Å²) in [6.07, 6.45) is 1.62. The van der Waals surface area contributed by atoms with Crippen molar-refractivity contribution in [3.05, 3.63) is 68.3 Å². The number of amides is 1. The van der Waals surface area contributed by atoms with Crippen LogP contribution in [0, 0.1) is 20.2 Å². The Hall–Kier alpha value is -3.14. The molecule has 9 nitrogen and oxygen atoms in total. The summed E-state index contributed by atoms with van der Waals surface area (Å²) in [4.78, 5) is 32.9. The first-order valence-corrected chi connectivity index (χ1v) is 7.78. The van der Waals surface area contributed by atoms with E-state index in [1.54, 1.807) is 36.6 Å². The van der Waals surface area contributed by atoms with Gasteiger partial charge in [-0.2, -0.15) is 0 Å². The molecule has 0 aliphatic rings. The van der Waals surface area contributed by atoms with Gasteiger partial charge in [-0.15, -0.1) is 11.8 Å². The van der Waals surface area contributed by atoms with Crippen molar-refractivity contribution in [3.63, 3.8) is 0 Å². The van der Waals surface area contributed by atoms with Crippen LogP contribution in [0.4, 0.5) is 17.1 Å². The summed E-state index contributed by atoms with van der Waals surface area (Å²) >= 11 is 1.08. The maximum atomic E-state index is 12.0. The number of rotatable bonds is 6. The van der Waals surface area contributed by atoms with Gasteiger partial charge in [-0.05, 0) is 18.4 Å². The first-order valence-electron chi connectivity index (χ1n) is 6.56. The van der Waals surface area contributed by atoms with Gasteiger partial charge in [-0.25, -0.2) is 0 Å². The van der Waals surface area contributed by atoms with Crippen molar-refractivity contribution in [1.82, 2.24) is 5.43 Å². The number of hydrogen-bond donors (Lipinski definition) is 2. The van der Waals surface area contributed by atoms with Crippen LogP contribution >= 0.6 is 11.8 Å². The number of nitro groups is 2. The van der Waals surface area contributed by atoms with E-state index in [0.717, 1.165) is 17.8 Å². The van der Waals surface area contributed by atoms with Gasteiger partial charge in [-0.1, -0.05) is 18.2 Å². The first-order chi connectivity index (χ1) is 11.4. The largest absolute Gasteiger partial charge is 0.302 e. The Morgan fingerprint density at radius 2 is 1.75 bits per heavy atom. The number of benzene rings is 2. The molecule has 0 saturated carbocycles. The van der Waals surface area contributed by atoms with Crippen LogP contribution in [0.15, 0.2) is 47.4 Å². The smallest absolute Gasteiger partial charge is 0.291 e. The summed E-state index contributed by atoms with van der Waals surface area (Å²) in [5, 5.41) is 22.1. The summed E-state index contributed by atoms with van der Waals surface area (Å²) < 4.78 is 0. The van der Waals surface area contributed by atoms with E-state index in [4.69, 9.17) is 0 Å². The predicted molar refractivity (Wildman–Crippen MR) is 89.1 cm³/mol. The van der Waals surface area contributed by atoms with Crippen LogP contribution in [0.2, 0.25) is 0 Å². The van der Waals surface area contributed by atoms with Crippen molar-refractivity contribution < 1.29 is 14.6 Å². The van der Waals surface area contributed by atoms with Gasteiger partial charge in [0.15, 0.2) is 0 Å². The minimum atomic E-state index is -0.746. The summed E-state index contributed by atoms with van der Waals surface area (Å²) in [5.74, 6) is -0.490. The first kappa shape index (κ1) is 17.2. The Balaban J connectivity index is 2.33. The zero-order chi connectivity index (χ0) is 17.7. The van der Waals surface area contributed by atoms with Crippen molar-refractivity contribution in [3.8, 4) is 0 Å². The van der Waals surface area contributed by atoms with Crippen LogP contribution < -0.4 is 10.9 Å². The van der Waals surface area contributed by atoms with Gasteiger partial charge in [0.25, 0.3) is 11.6 Å². The molecule has 0 spiro atoms. The minimum absolute atomic E-state index is 0.0117. The molecule has 24 heavy (non-hydrogen) atoms. The van der Waals surface area contributed by atoms with Gasteiger partial charge in [0.2, 0.25) is 0 Å². The molecule has 2 N–H and O–H groups in total. The zero-order valence-electron chi connectivity index (χ0n) is 12.4. The molecule has 1 amide bonds. The topological polar surface area (TPSA) is 127 Å². The molecule has 0 heterocycles. The lowest BCUT2D eigenvalue weighted by atomic mass is 10.2. The predicted octanol–water partition coefficient (Wildman–Crippen LogP) is 2.98. The molecule has 0 aromatic heterocycles. The molecular weight excluding hydrogens is 336 g/mol. The van der Waals surface area contributed by atoms with Crippen molar-refractivity contribution in [2.45, 2.75) is 4.90 Å². The Bertz CT molecular complexity index is 797. The fraction of sp³-hybridized carbons (Fsp3) is 0.0714. The summed E-state index contributed by atoms with van der Waals surface area (Å²) in [6, 6.07) is 10.3. The molecule has 0 fully saturated rings. The average molecular weight is 348 g/mol. The molecule has 124 valence electrons. The molecule has 0 unspecified atom stereocenters. The summed E-state index contributed by atoms with van der Waals surface area (Å²) in [7, 11) is 0. The summed E-state index contributed by atoms with van der Waals surface area (Å²) in [5.41, 5.74) is 4.31. The SMILES string of the molecule is CSc1cc([N+](=O)[O-])cc([N+](=O)[O-])c1NNC(=O)c1ccccc1. The molecule has 0 atom stereocenters. The highest BCUT2D eigenvalue weighted by Gasteiger charge is 2.24. The fourth-order valence-corrected chi connectivity index (χ4v) is 2.50. The highest BCUT2D eigenvalue weighted by atomic mass is 32.2. The molecule has 0 aliphatic heterocycles. The van der Waals surface area contributed by atoms with Gasteiger partial charge in [0.1, 0.15) is 5.69 Å². The number of hydrogen-bond acceptors (Lipinski definition) is 7. The lowest BCUT2D eigenvalue weighted by molar-refractivity contribution is -0.393. The van der Waals surface area contributed by atoms with Crippen molar-refractivity contribution in [1.29, 1.82) is 0 Å². The second-order valence-electron chi connectivity index (χ2n) is 4.50. The number of non-ortho nitro benzene ring substituents is 1. The Kier molecular flexibility index (Phi) is 5.32. The molecule has 0 aliphatic carbocycles. The molecule has 10 heteroatoms. The van der Waals surface area contributed by atoms with Crippen LogP contribution in [0.5, 0.6) is 0 Å². The van der Waals surface area contributed by atoms with Crippen LogP contribution in [0.3, 0.4) is 0 Å². The molecule has 2 rings (SSSR count). The lowest BCUT2D eigenvalue weighted by Crippen LogP contribution is -2.30. The number of carbonyl (C=O) groups excluding carboxylic acids is 1. The van der Waals surface area contributed by atoms with Crippen LogP contribution in [-0.4, -0.2) is 22.0 Å². The van der Waals surface area contributed by atoms with Gasteiger partial charge >= 0.3 is 5.69 Å². The second-order valence-corrected chi connectivity index (χ2v) is 5.35. The normalized spacial score (nSPS) is 10.0. The van der Waals surface area contributed by atoms with Gasteiger partial charge in [0, 0.05) is 16.5 Å². The van der Waals surface area contributed by atoms with Crippen molar-refractivity contribution in [2.75, 3.05) is 11.7 Å². The molecule has 0 saturated heterocycles. The third kappa shape index (κ3) is 3.79. The van der Waals surface area contributed by atoms with E-state index in [1.807, 2.05) is 0 Å². The van der Waals surface area contributed by atoms with Crippen LogP contribution in [-0.2, 0) is 0 Å². The van der Waals surface area contributed by atoms with Crippen LogP contribution in [0.1, 0.15) is 10.4 Å². The number of hydrazine groups is 1. The molecule has 0 radical (unpaired) electrons. The highest BCUT2D eigenvalue weighted by Crippen LogP contribution is 2.37. The Labute approximate surface area is 140 Å². The quantitative estimate of drug-likeness (QED) is 0.466. The average Bonchev–Trinajstić information content (AvgIpc) is 2.59. The second kappa shape index (κ2) is 7.42. The zero-order valence-corrected chi connectivity index (χ0v) is 13.2. The van der Waals surface area contributed by atoms with Crippen molar-refractivity contribution in [2.24, 2.45) is 0 Å². The number of anilines is 1. The number of nitro benzene ring substituents is 2. The van der Waals surface area contributed by atoms with E-state index >= 15 is 0 Å². The van der Waals surface area contributed by atoms with E-state index in [-0.39, 0.29) is 10.6 Å². The van der Waals surface area contributed by atoms with E-state index in [0.29, 0.717) is 5.56 Å². The van der Waals surface area contributed by atoms with Gasteiger partial charge in [0.05, 0.1) is 15.9 Å². The Morgan fingerprint density at radius 3 is 2.29 bits per heavy atom. The minimum Gasteiger partial charge on any atom is -0.291 e. The number of nitrogens with one attached hydrogen (secondary N) is 2. The molecule has 0 bridgehead atoms. The third-order valence-electron chi connectivity index (χ3n) is 3.03. The van der Waals surface area contributed by atoms with E-state index < -0.39 is 27.1 Å². The molecule has 2 aromatic carbocycles. The monoisotopic (exact) mass is 348 g/mol. The maximum Gasteiger partial charge on any atom is 0.302 e. The van der Waals surface area contributed by atoms with E-state index in [2.05, 4.69) is 10.9 Å². The number of carbonyl (C=O) groups is 1. The molecule has 2 aromatic rings. The highest BCUT2D eigenvalue weighted by molar-refractivity contribution is 7.98. The molecular formula is C14H12N4O5S. The van der Waals surface area contributed by atoms with E-state index in [1.165, 1.54) is 6.07 Å². The Morgan fingerprint density at radius 1 is 1.08 bits per heavy atom. The number of thioether (sulfide) groups is 1. The van der Waals surface area contributed by atoms with Gasteiger partial charge < -0.3 is 0 Å². The maximum absolute atomic E-state index is 12.0. The standard InChI is InChI=1S/C14H12N4O5S/c1-24-12-8-10(17(20)21)7-11(18(22)23)13(12)15-16-14(19)9-5-3-2-4-6-9/h2-8,15H,1H3,(H,16,19). The van der Waals surface area contributed by atoms with Crippen molar-refractivity contribution >= 4 is 34.7 Å². The summed E-state index contributed by atoms with van der Waals surface area (Å²) in [6.45, 7) is 0. The fourth-order valence-electron chi connectivity index (χ4n) is 1.90. The lowest BCUT2D eigenvalue weighted by Gasteiger charge is -2.12. The number of nitrogens with zero attached hydrogens (tertiary/aromatic N) is 2.